The van der Waals surface area contributed by atoms with Crippen LogP contribution in [0.25, 0.3) is 0 Å². The lowest BCUT2D eigenvalue weighted by Gasteiger charge is -2.37. The number of nitrogens with one attached hydrogen (secondary N) is 1. The summed E-state index contributed by atoms with van der Waals surface area (Å²) in [5.74, 6) is 0. The Morgan fingerprint density at radius 3 is 2.50 bits per heavy atom. The fourth-order valence-corrected chi connectivity index (χ4v) is 3.66. The summed E-state index contributed by atoms with van der Waals surface area (Å²) in [7, 11) is 0. The SMILES string of the molecule is FC(F)(F)c1ccc(CN(CCN2CCOCC2)[C@H]2CCCNC2)cc1. The summed E-state index contributed by atoms with van der Waals surface area (Å²) in [5.41, 5.74) is 0.353. The molecule has 1 N–H and O–H groups in total. The lowest BCUT2D eigenvalue weighted by atomic mass is 10.0. The van der Waals surface area contributed by atoms with Crippen LogP contribution in [0.1, 0.15) is 24.0 Å². The van der Waals surface area contributed by atoms with Gasteiger partial charge in [0, 0.05) is 45.3 Å². The Morgan fingerprint density at radius 1 is 1.15 bits per heavy atom. The van der Waals surface area contributed by atoms with Crippen molar-refractivity contribution in [1.29, 1.82) is 0 Å². The summed E-state index contributed by atoms with van der Waals surface area (Å²) < 4.78 is 43.7. The van der Waals surface area contributed by atoms with Crippen molar-refractivity contribution in [3.8, 4) is 0 Å². The second kappa shape index (κ2) is 9.17. The number of benzene rings is 1. The molecule has 2 heterocycles. The Balaban J connectivity index is 1.62. The number of nitrogens with zero attached hydrogens (tertiary/aromatic N) is 2. The topological polar surface area (TPSA) is 27.7 Å². The highest BCUT2D eigenvalue weighted by Crippen LogP contribution is 2.29. The molecule has 2 fully saturated rings. The molecule has 0 unspecified atom stereocenters. The van der Waals surface area contributed by atoms with Gasteiger partial charge >= 0.3 is 6.18 Å². The van der Waals surface area contributed by atoms with E-state index in [0.717, 1.165) is 70.9 Å². The predicted molar refractivity (Wildman–Crippen MR) is 95.0 cm³/mol. The van der Waals surface area contributed by atoms with Gasteiger partial charge < -0.3 is 10.1 Å². The van der Waals surface area contributed by atoms with Crippen molar-refractivity contribution in [2.45, 2.75) is 31.6 Å². The molecule has 1 atom stereocenters. The van der Waals surface area contributed by atoms with Crippen molar-refractivity contribution in [3.63, 3.8) is 0 Å². The third kappa shape index (κ3) is 5.67. The fourth-order valence-electron chi connectivity index (χ4n) is 3.66. The van der Waals surface area contributed by atoms with Gasteiger partial charge in [0.25, 0.3) is 0 Å². The Morgan fingerprint density at radius 2 is 1.88 bits per heavy atom. The van der Waals surface area contributed by atoms with Crippen LogP contribution in [0.15, 0.2) is 24.3 Å². The van der Waals surface area contributed by atoms with E-state index in [1.807, 2.05) is 0 Å². The molecule has 0 aromatic heterocycles. The van der Waals surface area contributed by atoms with Gasteiger partial charge in [-0.25, -0.2) is 0 Å². The molecule has 0 radical (unpaired) electrons. The van der Waals surface area contributed by atoms with Gasteiger partial charge in [-0.15, -0.1) is 0 Å². The average molecular weight is 371 g/mol. The molecular formula is C19H28F3N3O. The van der Waals surface area contributed by atoms with Crippen LogP contribution < -0.4 is 5.32 Å². The molecule has 2 aliphatic rings. The first-order valence-electron chi connectivity index (χ1n) is 9.43. The number of ether oxygens (including phenoxy) is 1. The van der Waals surface area contributed by atoms with E-state index in [1.54, 1.807) is 12.1 Å². The van der Waals surface area contributed by atoms with Crippen LogP contribution in [0, 0.1) is 0 Å². The van der Waals surface area contributed by atoms with Crippen molar-refractivity contribution >= 4 is 0 Å². The number of alkyl halides is 3. The van der Waals surface area contributed by atoms with E-state index in [2.05, 4.69) is 15.1 Å². The maximum Gasteiger partial charge on any atom is 0.416 e. The molecule has 4 nitrogen and oxygen atoms in total. The molecule has 1 aromatic carbocycles. The van der Waals surface area contributed by atoms with Gasteiger partial charge in [0.1, 0.15) is 0 Å². The molecule has 0 spiro atoms. The lowest BCUT2D eigenvalue weighted by molar-refractivity contribution is -0.137. The van der Waals surface area contributed by atoms with Gasteiger partial charge in [0.2, 0.25) is 0 Å². The standard InChI is InChI=1S/C19H28F3N3O/c20-19(21,22)17-5-3-16(4-6-17)15-25(18-2-1-7-23-14-18)9-8-24-10-12-26-13-11-24/h3-6,18,23H,1-2,7-15H2/t18-/m0/s1. The van der Waals surface area contributed by atoms with Crippen LogP contribution >= 0.6 is 0 Å². The van der Waals surface area contributed by atoms with Crippen LogP contribution in [0.4, 0.5) is 13.2 Å². The highest BCUT2D eigenvalue weighted by Gasteiger charge is 2.30. The Bertz CT molecular complexity index is 538. The molecule has 7 heteroatoms. The number of morpholine rings is 1. The molecular weight excluding hydrogens is 343 g/mol. The summed E-state index contributed by atoms with van der Waals surface area (Å²) in [6.45, 7) is 8.06. The van der Waals surface area contributed by atoms with E-state index >= 15 is 0 Å². The second-order valence-electron chi connectivity index (χ2n) is 7.12. The van der Waals surface area contributed by atoms with Gasteiger partial charge in [0.05, 0.1) is 18.8 Å². The Kier molecular flexibility index (Phi) is 6.92. The number of rotatable bonds is 6. The summed E-state index contributed by atoms with van der Waals surface area (Å²) >= 11 is 0. The molecule has 26 heavy (non-hydrogen) atoms. The number of hydrogen-bond acceptors (Lipinski definition) is 4. The predicted octanol–water partition coefficient (Wildman–Crippen LogP) is 2.59. The third-order valence-corrected chi connectivity index (χ3v) is 5.26. The number of halogens is 3. The van der Waals surface area contributed by atoms with Crippen molar-refractivity contribution < 1.29 is 17.9 Å². The van der Waals surface area contributed by atoms with E-state index in [-0.39, 0.29) is 0 Å². The van der Waals surface area contributed by atoms with Crippen LogP contribution in [0.5, 0.6) is 0 Å². The molecule has 146 valence electrons. The molecule has 0 aliphatic carbocycles. The minimum Gasteiger partial charge on any atom is -0.379 e. The van der Waals surface area contributed by atoms with Crippen LogP contribution in [0.3, 0.4) is 0 Å². The summed E-state index contributed by atoms with van der Waals surface area (Å²) in [4.78, 5) is 4.82. The zero-order valence-electron chi connectivity index (χ0n) is 15.1. The van der Waals surface area contributed by atoms with Gasteiger partial charge in [-0.3, -0.25) is 9.80 Å². The first kappa shape index (κ1) is 19.6. The van der Waals surface area contributed by atoms with Gasteiger partial charge in [0.15, 0.2) is 0 Å². The summed E-state index contributed by atoms with van der Waals surface area (Å²) in [5, 5.41) is 3.44. The molecule has 3 rings (SSSR count). The van der Waals surface area contributed by atoms with Gasteiger partial charge in [-0.2, -0.15) is 13.2 Å². The van der Waals surface area contributed by atoms with Crippen molar-refractivity contribution in [1.82, 2.24) is 15.1 Å². The van der Waals surface area contributed by atoms with E-state index < -0.39 is 11.7 Å². The van der Waals surface area contributed by atoms with Crippen LogP contribution in [0.2, 0.25) is 0 Å². The van der Waals surface area contributed by atoms with Gasteiger partial charge in [-0.1, -0.05) is 12.1 Å². The Hall–Kier alpha value is -1.15. The zero-order chi connectivity index (χ0) is 18.4. The number of hydrogen-bond donors (Lipinski definition) is 1. The quantitative estimate of drug-likeness (QED) is 0.832. The van der Waals surface area contributed by atoms with Crippen LogP contribution in [-0.2, 0) is 17.5 Å². The molecule has 2 aliphatic heterocycles. The molecule has 0 saturated carbocycles. The minimum absolute atomic E-state index is 0.437. The minimum atomic E-state index is -4.28. The number of piperidine rings is 1. The molecule has 0 bridgehead atoms. The smallest absolute Gasteiger partial charge is 0.379 e. The van der Waals surface area contributed by atoms with E-state index in [9.17, 15) is 13.2 Å². The molecule has 0 amide bonds. The highest BCUT2D eigenvalue weighted by atomic mass is 19.4. The normalized spacial score (nSPS) is 22.7. The maximum atomic E-state index is 12.8. The summed E-state index contributed by atoms with van der Waals surface area (Å²) in [6.07, 6.45) is -2.00. The monoisotopic (exact) mass is 371 g/mol. The van der Waals surface area contributed by atoms with E-state index in [4.69, 9.17) is 4.74 Å². The third-order valence-electron chi connectivity index (χ3n) is 5.26. The van der Waals surface area contributed by atoms with Gasteiger partial charge in [-0.05, 0) is 37.1 Å². The van der Waals surface area contributed by atoms with Crippen molar-refractivity contribution in [2.75, 3.05) is 52.5 Å². The average Bonchev–Trinajstić information content (AvgIpc) is 2.66. The van der Waals surface area contributed by atoms with Crippen molar-refractivity contribution in [3.05, 3.63) is 35.4 Å². The lowest BCUT2D eigenvalue weighted by Crippen LogP contribution is -2.49. The van der Waals surface area contributed by atoms with E-state index in [1.165, 1.54) is 12.1 Å². The first-order chi connectivity index (χ1) is 12.5. The highest BCUT2D eigenvalue weighted by molar-refractivity contribution is 5.24. The largest absolute Gasteiger partial charge is 0.416 e. The Labute approximate surface area is 153 Å². The fraction of sp³-hybridized carbons (Fsp3) is 0.684. The zero-order valence-corrected chi connectivity index (χ0v) is 15.1. The first-order valence-corrected chi connectivity index (χ1v) is 9.43. The summed E-state index contributed by atoms with van der Waals surface area (Å²) in [6, 6.07) is 6.04. The molecule has 1 aromatic rings. The van der Waals surface area contributed by atoms with E-state index in [0.29, 0.717) is 12.6 Å². The molecule has 2 saturated heterocycles. The van der Waals surface area contributed by atoms with Crippen LogP contribution in [-0.4, -0.2) is 68.3 Å². The second-order valence-corrected chi connectivity index (χ2v) is 7.12. The van der Waals surface area contributed by atoms with Crippen molar-refractivity contribution in [2.24, 2.45) is 0 Å². The maximum absolute atomic E-state index is 12.8.